The van der Waals surface area contributed by atoms with Crippen LogP contribution in [0.1, 0.15) is 20.8 Å². The van der Waals surface area contributed by atoms with Gasteiger partial charge in [-0.3, -0.25) is 4.55 Å². The van der Waals surface area contributed by atoms with Crippen LogP contribution < -0.4 is 4.74 Å². The molecule has 0 saturated heterocycles. The lowest BCUT2D eigenvalue weighted by atomic mass is 10.1. The maximum absolute atomic E-state index is 11.7. The maximum Gasteiger partial charge on any atom is 0.295 e. The predicted octanol–water partition coefficient (Wildman–Crippen LogP) is 6.83. The second-order valence-corrected chi connectivity index (χ2v) is 9.54. The average Bonchev–Trinajstić information content (AvgIpc) is 2.70. The first-order valence-corrected chi connectivity index (χ1v) is 11.2. The van der Waals surface area contributed by atoms with E-state index in [1.807, 2.05) is 57.2 Å². The van der Waals surface area contributed by atoms with Crippen molar-refractivity contribution in [3.8, 4) is 5.75 Å². The third-order valence-corrected chi connectivity index (χ3v) is 5.59. The molecule has 0 radical (unpaired) electrons. The lowest BCUT2D eigenvalue weighted by molar-refractivity contribution is 0.132. The van der Waals surface area contributed by atoms with Crippen molar-refractivity contribution in [2.24, 2.45) is 10.2 Å². The zero-order valence-corrected chi connectivity index (χ0v) is 18.2. The van der Waals surface area contributed by atoms with Crippen molar-refractivity contribution in [2.45, 2.75) is 31.3 Å². The molecule has 0 aliphatic rings. The molecule has 0 atom stereocenters. The van der Waals surface area contributed by atoms with E-state index in [9.17, 15) is 13.0 Å². The molecule has 4 aromatic rings. The Kier molecular flexibility index (Phi) is 5.24. The number of rotatable bonds is 4. The summed E-state index contributed by atoms with van der Waals surface area (Å²) in [5.74, 6) is 0.605. The monoisotopic (exact) mass is 434 g/mol. The summed E-state index contributed by atoms with van der Waals surface area (Å²) in [6.07, 6.45) is 0. The molecular weight excluding hydrogens is 412 g/mol. The van der Waals surface area contributed by atoms with Crippen LogP contribution in [0.25, 0.3) is 21.5 Å². The van der Waals surface area contributed by atoms with Crippen molar-refractivity contribution in [1.29, 1.82) is 0 Å². The van der Waals surface area contributed by atoms with Crippen LogP contribution in [0.4, 0.5) is 11.4 Å². The van der Waals surface area contributed by atoms with E-state index in [0.717, 1.165) is 10.8 Å². The predicted molar refractivity (Wildman–Crippen MR) is 122 cm³/mol. The lowest BCUT2D eigenvalue weighted by Gasteiger charge is -2.22. The smallest absolute Gasteiger partial charge is 0.295 e. The third-order valence-electron chi connectivity index (χ3n) is 4.68. The molecule has 31 heavy (non-hydrogen) atoms. The minimum atomic E-state index is -4.36. The van der Waals surface area contributed by atoms with E-state index >= 15 is 0 Å². The van der Waals surface area contributed by atoms with Gasteiger partial charge in [-0.1, -0.05) is 54.6 Å². The number of azo groups is 1. The first-order chi connectivity index (χ1) is 14.6. The third kappa shape index (κ3) is 4.42. The highest BCUT2D eigenvalue weighted by Crippen LogP contribution is 2.39. The largest absolute Gasteiger partial charge is 0.486 e. The van der Waals surface area contributed by atoms with Crippen molar-refractivity contribution in [1.82, 2.24) is 0 Å². The Bertz CT molecular complexity index is 1420. The summed E-state index contributed by atoms with van der Waals surface area (Å²) in [6.45, 7) is 5.89. The van der Waals surface area contributed by atoms with Gasteiger partial charge in [-0.25, -0.2) is 0 Å². The summed E-state index contributed by atoms with van der Waals surface area (Å²) in [5, 5.41) is 11.8. The quantitative estimate of drug-likeness (QED) is 0.281. The zero-order chi connectivity index (χ0) is 22.2. The van der Waals surface area contributed by atoms with E-state index in [-0.39, 0.29) is 4.90 Å². The Morgan fingerprint density at radius 3 is 2.10 bits per heavy atom. The molecule has 0 spiro atoms. The Hall–Kier alpha value is -3.29. The Morgan fingerprint density at radius 2 is 1.42 bits per heavy atom. The van der Waals surface area contributed by atoms with Crippen molar-refractivity contribution < 1.29 is 17.7 Å². The number of nitrogens with zero attached hydrogens (tertiary/aromatic N) is 2. The van der Waals surface area contributed by atoms with E-state index < -0.39 is 15.7 Å². The molecule has 0 fully saturated rings. The van der Waals surface area contributed by atoms with Gasteiger partial charge in [0, 0.05) is 16.2 Å². The molecule has 7 heteroatoms. The van der Waals surface area contributed by atoms with Crippen LogP contribution in [-0.2, 0) is 10.1 Å². The van der Waals surface area contributed by atoms with Crippen LogP contribution in [-0.4, -0.2) is 18.6 Å². The molecule has 0 aliphatic carbocycles. The Labute approximate surface area is 181 Å². The summed E-state index contributed by atoms with van der Waals surface area (Å²) in [5.41, 5.74) is 0.657. The van der Waals surface area contributed by atoms with Gasteiger partial charge in [0.25, 0.3) is 10.1 Å². The standard InChI is InChI=1S/C24H22N2O4S/c1-24(2,3)30-21-14-12-16-8-4-5-9-17(16)23(21)26-25-20-13-15-22(31(27,28)29)19-11-7-6-10-18(19)20/h4-15H,1-3H3,(H,27,28,29). The minimum absolute atomic E-state index is 0.163. The fourth-order valence-electron chi connectivity index (χ4n) is 3.42. The Morgan fingerprint density at radius 1 is 0.774 bits per heavy atom. The molecule has 0 saturated carbocycles. The van der Waals surface area contributed by atoms with E-state index in [4.69, 9.17) is 4.74 Å². The van der Waals surface area contributed by atoms with Gasteiger partial charge < -0.3 is 4.74 Å². The van der Waals surface area contributed by atoms with Crippen molar-refractivity contribution in [2.75, 3.05) is 0 Å². The molecule has 0 aromatic heterocycles. The maximum atomic E-state index is 11.7. The molecule has 4 aromatic carbocycles. The van der Waals surface area contributed by atoms with Gasteiger partial charge in [0.05, 0.1) is 5.69 Å². The van der Waals surface area contributed by atoms with Gasteiger partial charge in [0.2, 0.25) is 0 Å². The van der Waals surface area contributed by atoms with E-state index in [1.54, 1.807) is 24.3 Å². The fraction of sp³-hybridized carbons (Fsp3) is 0.167. The highest BCUT2D eigenvalue weighted by molar-refractivity contribution is 7.86. The fourth-order valence-corrected chi connectivity index (χ4v) is 4.12. The molecule has 1 N–H and O–H groups in total. The minimum Gasteiger partial charge on any atom is -0.486 e. The molecule has 6 nitrogen and oxygen atoms in total. The first-order valence-electron chi connectivity index (χ1n) is 9.75. The van der Waals surface area contributed by atoms with Gasteiger partial charge in [0.1, 0.15) is 21.9 Å². The summed E-state index contributed by atoms with van der Waals surface area (Å²) in [7, 11) is -4.36. The van der Waals surface area contributed by atoms with Crippen LogP contribution >= 0.6 is 0 Å². The van der Waals surface area contributed by atoms with Crippen LogP contribution in [0, 0.1) is 0 Å². The molecule has 0 bridgehead atoms. The second kappa shape index (κ2) is 7.76. The van der Waals surface area contributed by atoms with Crippen LogP contribution in [0.15, 0.2) is 87.9 Å². The Balaban J connectivity index is 1.90. The molecule has 158 valence electrons. The first kappa shape index (κ1) is 21.0. The molecule has 0 heterocycles. The van der Waals surface area contributed by atoms with Crippen molar-refractivity contribution in [3.05, 3.63) is 72.8 Å². The highest BCUT2D eigenvalue weighted by Gasteiger charge is 2.18. The van der Waals surface area contributed by atoms with Gasteiger partial charge in [-0.05, 0) is 44.4 Å². The van der Waals surface area contributed by atoms with Gasteiger partial charge >= 0.3 is 0 Å². The molecular formula is C24H22N2O4S. The molecule has 4 rings (SSSR count). The second-order valence-electron chi connectivity index (χ2n) is 8.15. The average molecular weight is 435 g/mol. The number of hydrogen-bond donors (Lipinski definition) is 1. The van der Waals surface area contributed by atoms with Crippen LogP contribution in [0.2, 0.25) is 0 Å². The molecule has 0 amide bonds. The van der Waals surface area contributed by atoms with E-state index in [1.165, 1.54) is 12.1 Å². The summed E-state index contributed by atoms with van der Waals surface area (Å²) < 4.78 is 39.2. The highest BCUT2D eigenvalue weighted by atomic mass is 32.2. The topological polar surface area (TPSA) is 88.3 Å². The summed E-state index contributed by atoms with van der Waals surface area (Å²) in [4.78, 5) is -0.163. The van der Waals surface area contributed by atoms with Gasteiger partial charge in [-0.2, -0.15) is 8.42 Å². The van der Waals surface area contributed by atoms with Crippen molar-refractivity contribution >= 4 is 43.0 Å². The van der Waals surface area contributed by atoms with Crippen LogP contribution in [0.3, 0.4) is 0 Å². The van der Waals surface area contributed by atoms with Crippen molar-refractivity contribution in [3.63, 3.8) is 0 Å². The normalized spacial score (nSPS) is 12.6. The number of ether oxygens (including phenoxy) is 1. The number of fused-ring (bicyclic) bond motifs is 2. The van der Waals surface area contributed by atoms with Gasteiger partial charge in [-0.15, -0.1) is 10.2 Å². The zero-order valence-electron chi connectivity index (χ0n) is 17.4. The van der Waals surface area contributed by atoms with E-state index in [0.29, 0.717) is 27.9 Å². The number of hydrogen-bond acceptors (Lipinski definition) is 5. The molecule has 0 aliphatic heterocycles. The summed E-state index contributed by atoms with van der Waals surface area (Å²) in [6, 6.07) is 21.4. The van der Waals surface area contributed by atoms with Gasteiger partial charge in [0.15, 0.2) is 0 Å². The molecule has 0 unspecified atom stereocenters. The van der Waals surface area contributed by atoms with Crippen LogP contribution in [0.5, 0.6) is 5.75 Å². The SMILES string of the molecule is CC(C)(C)Oc1ccc2ccccc2c1N=Nc1ccc(S(=O)(=O)O)c2ccccc12. The summed E-state index contributed by atoms with van der Waals surface area (Å²) >= 11 is 0. The number of benzene rings is 4. The lowest BCUT2D eigenvalue weighted by Crippen LogP contribution is -2.22. The van der Waals surface area contributed by atoms with E-state index in [2.05, 4.69) is 10.2 Å².